The second kappa shape index (κ2) is 11.1. The molecule has 0 spiro atoms. The fourth-order valence-corrected chi connectivity index (χ4v) is 3.12. The SMILES string of the molecule is COc1cccc(CNCc2cccnc2)c1OCc1ccc(Cl)cc1Cl.Cl. The summed E-state index contributed by atoms with van der Waals surface area (Å²) in [7, 11) is 1.63. The van der Waals surface area contributed by atoms with E-state index in [9.17, 15) is 0 Å². The molecule has 4 nitrogen and oxygen atoms in total. The van der Waals surface area contributed by atoms with Gasteiger partial charge in [0, 0.05) is 46.7 Å². The summed E-state index contributed by atoms with van der Waals surface area (Å²) >= 11 is 12.2. The number of rotatable bonds is 8. The van der Waals surface area contributed by atoms with Crippen molar-refractivity contribution in [2.75, 3.05) is 7.11 Å². The Hall–Kier alpha value is -1.98. The van der Waals surface area contributed by atoms with Crippen LogP contribution in [0.4, 0.5) is 0 Å². The van der Waals surface area contributed by atoms with Crippen LogP contribution in [0.25, 0.3) is 0 Å². The maximum atomic E-state index is 6.25. The number of hydrogen-bond acceptors (Lipinski definition) is 4. The zero-order valence-electron chi connectivity index (χ0n) is 15.3. The van der Waals surface area contributed by atoms with Gasteiger partial charge in [0.2, 0.25) is 0 Å². The van der Waals surface area contributed by atoms with Gasteiger partial charge >= 0.3 is 0 Å². The van der Waals surface area contributed by atoms with E-state index in [0.29, 0.717) is 41.2 Å². The number of pyridine rings is 1. The number of nitrogens with one attached hydrogen (secondary N) is 1. The van der Waals surface area contributed by atoms with E-state index in [4.69, 9.17) is 32.7 Å². The first kappa shape index (κ1) is 22.3. The zero-order valence-corrected chi connectivity index (χ0v) is 17.7. The van der Waals surface area contributed by atoms with Crippen LogP contribution in [0.1, 0.15) is 16.7 Å². The lowest BCUT2D eigenvalue weighted by molar-refractivity contribution is 0.280. The molecule has 0 aliphatic heterocycles. The first-order valence-corrected chi connectivity index (χ1v) is 9.25. The predicted molar refractivity (Wildman–Crippen MR) is 116 cm³/mol. The fraction of sp³-hybridized carbons (Fsp3) is 0.190. The monoisotopic (exact) mass is 438 g/mol. The molecule has 0 radical (unpaired) electrons. The third kappa shape index (κ3) is 6.01. The van der Waals surface area contributed by atoms with Crippen LogP contribution in [0.2, 0.25) is 10.0 Å². The van der Waals surface area contributed by atoms with Crippen molar-refractivity contribution in [1.82, 2.24) is 10.3 Å². The lowest BCUT2D eigenvalue weighted by atomic mass is 10.1. The van der Waals surface area contributed by atoms with Gasteiger partial charge in [0.25, 0.3) is 0 Å². The molecule has 28 heavy (non-hydrogen) atoms. The molecule has 0 fully saturated rings. The largest absolute Gasteiger partial charge is 0.493 e. The van der Waals surface area contributed by atoms with Gasteiger partial charge < -0.3 is 14.8 Å². The smallest absolute Gasteiger partial charge is 0.166 e. The van der Waals surface area contributed by atoms with E-state index in [1.165, 1.54) is 0 Å². The molecule has 1 N–H and O–H groups in total. The molecule has 0 aliphatic carbocycles. The molecule has 1 aromatic heterocycles. The van der Waals surface area contributed by atoms with Crippen LogP contribution in [0.15, 0.2) is 60.9 Å². The number of methoxy groups -OCH3 is 1. The minimum atomic E-state index is 0. The van der Waals surface area contributed by atoms with Gasteiger partial charge in [-0.15, -0.1) is 12.4 Å². The molecule has 0 aliphatic rings. The molecule has 0 bridgehead atoms. The van der Waals surface area contributed by atoms with Crippen LogP contribution < -0.4 is 14.8 Å². The molecule has 0 atom stereocenters. The van der Waals surface area contributed by atoms with Gasteiger partial charge in [0.15, 0.2) is 11.5 Å². The first-order valence-electron chi connectivity index (χ1n) is 8.49. The summed E-state index contributed by atoms with van der Waals surface area (Å²) in [5, 5.41) is 4.58. The molecule has 2 aromatic carbocycles. The Morgan fingerprint density at radius 3 is 2.57 bits per heavy atom. The number of benzene rings is 2. The van der Waals surface area contributed by atoms with E-state index in [1.54, 1.807) is 25.4 Å². The molecule has 0 amide bonds. The van der Waals surface area contributed by atoms with E-state index in [1.807, 2.05) is 42.6 Å². The summed E-state index contributed by atoms with van der Waals surface area (Å²) in [6, 6.07) is 15.2. The van der Waals surface area contributed by atoms with Gasteiger partial charge in [0.1, 0.15) is 6.61 Å². The molecule has 0 saturated heterocycles. The van der Waals surface area contributed by atoms with E-state index >= 15 is 0 Å². The molecule has 0 saturated carbocycles. The Kier molecular flexibility index (Phi) is 8.87. The van der Waals surface area contributed by atoms with E-state index in [2.05, 4.69) is 10.3 Å². The normalized spacial score (nSPS) is 10.2. The van der Waals surface area contributed by atoms with Gasteiger partial charge in [-0.2, -0.15) is 0 Å². The number of ether oxygens (including phenoxy) is 2. The minimum absolute atomic E-state index is 0. The van der Waals surface area contributed by atoms with Crippen molar-refractivity contribution in [3.63, 3.8) is 0 Å². The first-order chi connectivity index (χ1) is 13.2. The Balaban J connectivity index is 0.00000280. The van der Waals surface area contributed by atoms with Gasteiger partial charge in [0.05, 0.1) is 7.11 Å². The van der Waals surface area contributed by atoms with Crippen molar-refractivity contribution < 1.29 is 9.47 Å². The number of hydrogen-bond donors (Lipinski definition) is 1. The van der Waals surface area contributed by atoms with Gasteiger partial charge in [-0.25, -0.2) is 0 Å². The fourth-order valence-electron chi connectivity index (χ4n) is 2.66. The highest BCUT2D eigenvalue weighted by molar-refractivity contribution is 6.35. The van der Waals surface area contributed by atoms with Crippen LogP contribution >= 0.6 is 35.6 Å². The van der Waals surface area contributed by atoms with Gasteiger partial charge in [-0.3, -0.25) is 4.98 Å². The summed E-state index contributed by atoms with van der Waals surface area (Å²) in [5.74, 6) is 1.38. The van der Waals surface area contributed by atoms with Crippen LogP contribution in [-0.2, 0) is 19.7 Å². The number of aromatic nitrogens is 1. The molecule has 7 heteroatoms. The van der Waals surface area contributed by atoms with Gasteiger partial charge in [-0.05, 0) is 29.8 Å². The van der Waals surface area contributed by atoms with Crippen molar-refractivity contribution in [2.45, 2.75) is 19.7 Å². The molecule has 0 unspecified atom stereocenters. The number of nitrogens with zero attached hydrogens (tertiary/aromatic N) is 1. The summed E-state index contributed by atoms with van der Waals surface area (Å²) in [6.07, 6.45) is 3.61. The molecule has 148 valence electrons. The van der Waals surface area contributed by atoms with Crippen molar-refractivity contribution in [1.29, 1.82) is 0 Å². The molecule has 1 heterocycles. The molecule has 3 aromatic rings. The highest BCUT2D eigenvalue weighted by atomic mass is 35.5. The Morgan fingerprint density at radius 2 is 1.86 bits per heavy atom. The summed E-state index contributed by atoms with van der Waals surface area (Å²) in [6.45, 7) is 1.68. The van der Waals surface area contributed by atoms with E-state index in [0.717, 1.165) is 16.7 Å². The second-order valence-corrected chi connectivity index (χ2v) is 6.78. The van der Waals surface area contributed by atoms with Crippen LogP contribution in [-0.4, -0.2) is 12.1 Å². The van der Waals surface area contributed by atoms with Crippen molar-refractivity contribution >= 4 is 35.6 Å². The average Bonchev–Trinajstić information content (AvgIpc) is 2.68. The third-order valence-electron chi connectivity index (χ3n) is 4.03. The lowest BCUT2D eigenvalue weighted by Gasteiger charge is -2.16. The van der Waals surface area contributed by atoms with Gasteiger partial charge in [-0.1, -0.05) is 47.5 Å². The Labute approximate surface area is 181 Å². The molecule has 3 rings (SSSR count). The zero-order chi connectivity index (χ0) is 19.1. The second-order valence-electron chi connectivity index (χ2n) is 5.94. The van der Waals surface area contributed by atoms with Crippen LogP contribution in [0.5, 0.6) is 11.5 Å². The summed E-state index contributed by atoms with van der Waals surface area (Å²) in [4.78, 5) is 4.13. The summed E-state index contributed by atoms with van der Waals surface area (Å²) < 4.78 is 11.5. The highest BCUT2D eigenvalue weighted by Crippen LogP contribution is 2.32. The average molecular weight is 440 g/mol. The topological polar surface area (TPSA) is 43.4 Å². The van der Waals surface area contributed by atoms with Crippen LogP contribution in [0, 0.1) is 0 Å². The standard InChI is InChI=1S/C21H20Cl2N2O2.ClH/c1-26-20-6-2-5-16(13-25-12-15-4-3-9-24-11-15)21(20)27-14-17-7-8-18(22)10-19(17)23;/h2-11,25H,12-14H2,1H3;1H. The molecular weight excluding hydrogens is 419 g/mol. The maximum Gasteiger partial charge on any atom is 0.166 e. The number of halogens is 3. The van der Waals surface area contributed by atoms with E-state index < -0.39 is 0 Å². The third-order valence-corrected chi connectivity index (χ3v) is 4.62. The van der Waals surface area contributed by atoms with Crippen molar-refractivity contribution in [3.8, 4) is 11.5 Å². The quantitative estimate of drug-likeness (QED) is 0.490. The highest BCUT2D eigenvalue weighted by Gasteiger charge is 2.12. The Bertz CT molecular complexity index is 892. The lowest BCUT2D eigenvalue weighted by Crippen LogP contribution is -2.14. The van der Waals surface area contributed by atoms with E-state index in [-0.39, 0.29) is 12.4 Å². The minimum Gasteiger partial charge on any atom is -0.493 e. The van der Waals surface area contributed by atoms with Crippen LogP contribution in [0.3, 0.4) is 0 Å². The maximum absolute atomic E-state index is 6.25. The Morgan fingerprint density at radius 1 is 1.00 bits per heavy atom. The summed E-state index contributed by atoms with van der Waals surface area (Å²) in [5.41, 5.74) is 2.99. The molecular formula is C21H21Cl3N2O2. The van der Waals surface area contributed by atoms with Crippen molar-refractivity contribution in [2.24, 2.45) is 0 Å². The predicted octanol–water partition coefficient (Wildman–Crippen LogP) is 5.69. The van der Waals surface area contributed by atoms with Crippen molar-refractivity contribution in [3.05, 3.63) is 87.7 Å². The number of para-hydroxylation sites is 1.